The maximum absolute atomic E-state index is 11.9. The summed E-state index contributed by atoms with van der Waals surface area (Å²) in [6.45, 7) is 2.37. The number of carbonyl (C=O) groups excluding carboxylic acids is 1. The molecular formula is C23H18F2N2O2. The second kappa shape index (κ2) is 9.47. The number of rotatable bonds is 1. The summed E-state index contributed by atoms with van der Waals surface area (Å²) in [7, 11) is 0. The van der Waals surface area contributed by atoms with Crippen LogP contribution in [0, 0.1) is 30.4 Å². The van der Waals surface area contributed by atoms with E-state index in [2.05, 4.69) is 22.1 Å². The average Bonchev–Trinajstić information content (AvgIpc) is 3.17. The number of nitrogens with zero attached hydrogens (tertiary/aromatic N) is 1. The number of amides is 1. The van der Waals surface area contributed by atoms with Crippen LogP contribution in [-0.4, -0.2) is 17.7 Å². The normalized spacial score (nSPS) is 14.6. The lowest BCUT2D eigenvalue weighted by Crippen LogP contribution is -2.18. The minimum atomic E-state index is -0.411. The lowest BCUT2D eigenvalue weighted by molar-refractivity contribution is 0.177. The van der Waals surface area contributed by atoms with Crippen LogP contribution < -0.4 is 5.32 Å². The highest BCUT2D eigenvalue weighted by Crippen LogP contribution is 2.17. The van der Waals surface area contributed by atoms with E-state index in [1.54, 1.807) is 12.4 Å². The van der Waals surface area contributed by atoms with Crippen molar-refractivity contribution >= 4 is 6.09 Å². The van der Waals surface area contributed by atoms with Crippen molar-refractivity contribution in [1.29, 1.82) is 0 Å². The zero-order chi connectivity index (χ0) is 20.6. The Kier molecular flexibility index (Phi) is 6.54. The van der Waals surface area contributed by atoms with E-state index in [9.17, 15) is 13.6 Å². The first-order valence-electron chi connectivity index (χ1n) is 8.87. The highest BCUT2D eigenvalue weighted by atomic mass is 19.1. The van der Waals surface area contributed by atoms with Crippen molar-refractivity contribution in [2.45, 2.75) is 13.0 Å². The van der Waals surface area contributed by atoms with Gasteiger partial charge in [0.05, 0.1) is 6.04 Å². The Balaban J connectivity index is 0.000000252. The fraction of sp³-hybridized carbons (Fsp3) is 0.130. The fourth-order valence-corrected chi connectivity index (χ4v) is 2.49. The number of aromatic nitrogens is 1. The number of cyclic esters (lactones) is 1. The number of carbonyl (C=O) groups is 1. The van der Waals surface area contributed by atoms with Gasteiger partial charge in [-0.15, -0.1) is 0 Å². The van der Waals surface area contributed by atoms with E-state index in [-0.39, 0.29) is 6.04 Å². The monoisotopic (exact) mass is 392 g/mol. The molecule has 4 rings (SSSR count). The van der Waals surface area contributed by atoms with Gasteiger partial charge in [-0.25, -0.2) is 13.6 Å². The first-order chi connectivity index (χ1) is 14.0. The van der Waals surface area contributed by atoms with Crippen LogP contribution in [0.2, 0.25) is 0 Å². The van der Waals surface area contributed by atoms with Crippen LogP contribution in [0.4, 0.5) is 13.6 Å². The zero-order valence-corrected chi connectivity index (χ0v) is 15.7. The van der Waals surface area contributed by atoms with E-state index in [1.165, 1.54) is 5.56 Å². The molecule has 1 atom stereocenters. The first-order valence-corrected chi connectivity index (χ1v) is 8.87. The summed E-state index contributed by atoms with van der Waals surface area (Å²) in [4.78, 5) is 15.2. The van der Waals surface area contributed by atoms with Crippen LogP contribution in [0.1, 0.15) is 28.3 Å². The molecule has 1 saturated heterocycles. The second-order valence-electron chi connectivity index (χ2n) is 6.35. The molecule has 2 heterocycles. The van der Waals surface area contributed by atoms with Crippen molar-refractivity contribution in [3.63, 3.8) is 0 Å². The van der Waals surface area contributed by atoms with Crippen molar-refractivity contribution in [2.75, 3.05) is 6.61 Å². The van der Waals surface area contributed by atoms with Gasteiger partial charge in [0, 0.05) is 23.5 Å². The molecule has 1 aliphatic heterocycles. The molecule has 0 radical (unpaired) electrons. The van der Waals surface area contributed by atoms with Gasteiger partial charge in [0.25, 0.3) is 0 Å². The first kappa shape index (κ1) is 20.0. The molecule has 1 fully saturated rings. The molecule has 29 heavy (non-hydrogen) atoms. The summed E-state index contributed by atoms with van der Waals surface area (Å²) in [6.07, 6.45) is 3.04. The molecular weight excluding hydrogens is 374 g/mol. The number of ether oxygens (including phenoxy) is 1. The predicted octanol–water partition coefficient (Wildman–Crippen LogP) is 4.54. The molecule has 1 N–H and O–H groups in total. The van der Waals surface area contributed by atoms with Crippen molar-refractivity contribution in [1.82, 2.24) is 10.3 Å². The molecule has 4 nitrogen and oxygen atoms in total. The van der Waals surface area contributed by atoms with Crippen molar-refractivity contribution in [2.24, 2.45) is 0 Å². The van der Waals surface area contributed by atoms with E-state index in [1.807, 2.05) is 37.3 Å². The molecule has 0 spiro atoms. The molecule has 0 aliphatic carbocycles. The largest absolute Gasteiger partial charge is 0.447 e. The minimum absolute atomic E-state index is 0.147. The molecule has 1 unspecified atom stereocenters. The average molecular weight is 392 g/mol. The molecule has 0 bridgehead atoms. The predicted molar refractivity (Wildman–Crippen MR) is 105 cm³/mol. The zero-order valence-electron chi connectivity index (χ0n) is 15.7. The summed E-state index contributed by atoms with van der Waals surface area (Å²) in [6, 6.07) is 14.1. The van der Waals surface area contributed by atoms with Crippen molar-refractivity contribution < 1.29 is 18.3 Å². The third kappa shape index (κ3) is 6.15. The van der Waals surface area contributed by atoms with Crippen LogP contribution in [0.5, 0.6) is 0 Å². The van der Waals surface area contributed by atoms with Gasteiger partial charge < -0.3 is 10.1 Å². The molecule has 0 saturated carbocycles. The maximum atomic E-state index is 11.9. The van der Waals surface area contributed by atoms with Crippen LogP contribution in [-0.2, 0) is 4.74 Å². The summed E-state index contributed by atoms with van der Waals surface area (Å²) in [5.41, 5.74) is 3.88. The minimum Gasteiger partial charge on any atom is -0.447 e. The van der Waals surface area contributed by atoms with Gasteiger partial charge >= 0.3 is 6.09 Å². The highest BCUT2D eigenvalue weighted by Gasteiger charge is 2.23. The number of halogens is 2. The van der Waals surface area contributed by atoms with E-state index >= 15 is 0 Å². The van der Waals surface area contributed by atoms with Gasteiger partial charge in [-0.05, 0) is 55.0 Å². The summed E-state index contributed by atoms with van der Waals surface area (Å²) in [5.74, 6) is 5.37. The van der Waals surface area contributed by atoms with Crippen LogP contribution >= 0.6 is 0 Å². The lowest BCUT2D eigenvalue weighted by atomic mass is 10.1. The van der Waals surface area contributed by atoms with E-state index in [4.69, 9.17) is 4.74 Å². The van der Waals surface area contributed by atoms with Gasteiger partial charge in [0.1, 0.15) is 18.2 Å². The Morgan fingerprint density at radius 3 is 2.17 bits per heavy atom. The van der Waals surface area contributed by atoms with Gasteiger partial charge in [0.2, 0.25) is 0 Å². The molecule has 1 amide bonds. The number of benzene rings is 2. The smallest absolute Gasteiger partial charge is 0.407 e. The Morgan fingerprint density at radius 2 is 1.59 bits per heavy atom. The third-order valence-electron chi connectivity index (χ3n) is 4.04. The Labute approximate surface area is 167 Å². The number of nitrogens with one attached hydrogen (secondary N) is 1. The standard InChI is InChI=1S/C17H14N2O2.C6H4F2/c1-12-2-4-13(5-3-12)6-7-14-8-15(10-18-9-14)16-11-21-17(20)19-16;7-5-1-2-6(8)4-3-5/h2-5,8-10,16H,11H2,1H3,(H,19,20);1-4H. The summed E-state index contributed by atoms with van der Waals surface area (Å²) in [5, 5.41) is 2.73. The number of hydrogen-bond donors (Lipinski definition) is 1. The number of aryl methyl sites for hydroxylation is 1. The molecule has 3 aromatic rings. The van der Waals surface area contributed by atoms with Crippen molar-refractivity contribution in [3.05, 3.63) is 101 Å². The van der Waals surface area contributed by atoms with Crippen LogP contribution in [0.25, 0.3) is 0 Å². The Bertz CT molecular complexity index is 1020. The molecule has 1 aromatic heterocycles. The molecule has 2 aromatic carbocycles. The topological polar surface area (TPSA) is 51.2 Å². The number of hydrogen-bond acceptors (Lipinski definition) is 3. The summed E-state index contributed by atoms with van der Waals surface area (Å²) < 4.78 is 28.7. The van der Waals surface area contributed by atoms with Gasteiger partial charge in [-0.1, -0.05) is 29.5 Å². The quantitative estimate of drug-likeness (QED) is 0.619. The molecule has 6 heteroatoms. The van der Waals surface area contributed by atoms with E-state index in [0.717, 1.165) is 41.0 Å². The van der Waals surface area contributed by atoms with Gasteiger partial charge in [-0.3, -0.25) is 4.98 Å². The molecule has 146 valence electrons. The molecule has 1 aliphatic rings. The van der Waals surface area contributed by atoms with Crippen LogP contribution in [0.3, 0.4) is 0 Å². The lowest BCUT2D eigenvalue weighted by Gasteiger charge is -2.06. The number of alkyl carbamates (subject to hydrolysis) is 1. The van der Waals surface area contributed by atoms with Crippen molar-refractivity contribution in [3.8, 4) is 11.8 Å². The fourth-order valence-electron chi connectivity index (χ4n) is 2.49. The maximum Gasteiger partial charge on any atom is 0.407 e. The van der Waals surface area contributed by atoms with Crippen LogP contribution in [0.15, 0.2) is 67.0 Å². The van der Waals surface area contributed by atoms with Gasteiger partial charge in [-0.2, -0.15) is 0 Å². The SMILES string of the molecule is Cc1ccc(C#Cc2cncc(C3COC(=O)N3)c2)cc1.Fc1ccc(F)cc1. The van der Waals surface area contributed by atoms with E-state index in [0.29, 0.717) is 6.61 Å². The highest BCUT2D eigenvalue weighted by molar-refractivity contribution is 5.70. The summed E-state index contributed by atoms with van der Waals surface area (Å²) >= 11 is 0. The third-order valence-corrected chi connectivity index (χ3v) is 4.04. The Morgan fingerprint density at radius 1 is 0.966 bits per heavy atom. The Hall–Kier alpha value is -3.72. The number of pyridine rings is 1. The second-order valence-corrected chi connectivity index (χ2v) is 6.35. The van der Waals surface area contributed by atoms with Gasteiger partial charge in [0.15, 0.2) is 0 Å². The van der Waals surface area contributed by atoms with E-state index < -0.39 is 17.7 Å².